The van der Waals surface area contributed by atoms with Gasteiger partial charge in [-0.3, -0.25) is 0 Å². The molecule has 0 aliphatic rings. The van der Waals surface area contributed by atoms with Gasteiger partial charge in [-0.1, -0.05) is 205 Å². The predicted molar refractivity (Wildman–Crippen MR) is 245 cm³/mol. The molecule has 0 N–H and O–H groups in total. The fourth-order valence-corrected chi connectivity index (χ4v) is 9.60. The molecule has 5 rings (SSSR count). The molecule has 0 spiro atoms. The second-order valence-electron chi connectivity index (χ2n) is 17.0. The van der Waals surface area contributed by atoms with Crippen LogP contribution in [0.4, 0.5) is 0 Å². The first-order chi connectivity index (χ1) is 26.7. The lowest BCUT2D eigenvalue weighted by molar-refractivity contribution is 0.608. The Hall–Kier alpha value is -2.86. The molecule has 0 unspecified atom stereocenters. The SMILES string of the molecule is CCCCCCCCc1c2ccccc2c(CCCCCCCC)c2cc3c(CCCCCCCC)c4ccccc4c(CCCCCCCC)c3cc12. The Morgan fingerprint density at radius 1 is 0.241 bits per heavy atom. The predicted octanol–water partition coefficient (Wildman–Crippen LogP) is 17.9. The monoisotopic (exact) mass is 727 g/mol. The molecule has 0 fully saturated rings. The van der Waals surface area contributed by atoms with E-state index < -0.39 is 0 Å². The summed E-state index contributed by atoms with van der Waals surface area (Å²) in [5, 5.41) is 12.4. The highest BCUT2D eigenvalue weighted by atomic mass is 14.2. The number of rotatable bonds is 28. The molecule has 0 atom stereocenters. The van der Waals surface area contributed by atoms with Crippen molar-refractivity contribution < 1.29 is 0 Å². The van der Waals surface area contributed by atoms with Gasteiger partial charge in [-0.15, -0.1) is 0 Å². The molecule has 0 radical (unpaired) electrons. The van der Waals surface area contributed by atoms with Crippen LogP contribution < -0.4 is 0 Å². The van der Waals surface area contributed by atoms with Crippen LogP contribution in [-0.2, 0) is 25.7 Å². The summed E-state index contributed by atoms with van der Waals surface area (Å²) in [6.45, 7) is 9.33. The summed E-state index contributed by atoms with van der Waals surface area (Å²) in [6.07, 6.45) is 37.1. The number of hydrogen-bond acceptors (Lipinski definition) is 0. The molecule has 0 heteroatoms. The lowest BCUT2D eigenvalue weighted by Gasteiger charge is -2.22. The molecule has 54 heavy (non-hydrogen) atoms. The van der Waals surface area contributed by atoms with E-state index in [0.717, 1.165) is 0 Å². The van der Waals surface area contributed by atoms with E-state index in [1.54, 1.807) is 43.8 Å². The molecular weight excluding hydrogens is 649 g/mol. The van der Waals surface area contributed by atoms with Crippen LogP contribution >= 0.6 is 0 Å². The van der Waals surface area contributed by atoms with E-state index in [4.69, 9.17) is 0 Å². The van der Waals surface area contributed by atoms with Crippen molar-refractivity contribution in [2.45, 2.75) is 207 Å². The molecule has 0 saturated carbocycles. The Bertz CT molecular complexity index is 1560. The standard InChI is InChI=1S/C54H78/c1-5-9-13-17-21-25-33-47-43-37-29-30-38-44(43)48(34-26-22-18-14-10-6-2)52-42-54-50(36-28-24-20-16-12-8-4)46-40-32-31-39-45(46)49(53(54)41-51(47)52)35-27-23-19-15-11-7-3/h29-32,37-42H,5-28,33-36H2,1-4H3. The van der Waals surface area contributed by atoms with Crippen molar-refractivity contribution in [2.75, 3.05) is 0 Å². The molecule has 0 saturated heterocycles. The van der Waals surface area contributed by atoms with Crippen LogP contribution in [-0.4, -0.2) is 0 Å². The Morgan fingerprint density at radius 3 is 0.667 bits per heavy atom. The van der Waals surface area contributed by atoms with Gasteiger partial charge in [-0.25, -0.2) is 0 Å². The Balaban J connectivity index is 1.67. The van der Waals surface area contributed by atoms with Crippen LogP contribution in [0.3, 0.4) is 0 Å². The van der Waals surface area contributed by atoms with Gasteiger partial charge in [0.25, 0.3) is 0 Å². The van der Waals surface area contributed by atoms with Gasteiger partial charge in [0.05, 0.1) is 0 Å². The van der Waals surface area contributed by atoms with Crippen molar-refractivity contribution in [3.05, 3.63) is 82.9 Å². The van der Waals surface area contributed by atoms with Crippen molar-refractivity contribution in [1.29, 1.82) is 0 Å². The van der Waals surface area contributed by atoms with Crippen molar-refractivity contribution >= 4 is 43.1 Å². The van der Waals surface area contributed by atoms with E-state index in [1.807, 2.05) is 0 Å². The van der Waals surface area contributed by atoms with Crippen LogP contribution in [0.2, 0.25) is 0 Å². The fraction of sp³-hybridized carbons (Fsp3) is 0.593. The summed E-state index contributed by atoms with van der Waals surface area (Å²) in [4.78, 5) is 0. The molecule has 0 bridgehead atoms. The highest BCUT2D eigenvalue weighted by Gasteiger charge is 2.19. The van der Waals surface area contributed by atoms with Crippen LogP contribution in [0.25, 0.3) is 43.1 Å². The second kappa shape index (κ2) is 23.9. The minimum absolute atomic E-state index is 1.19. The fourth-order valence-electron chi connectivity index (χ4n) is 9.60. The highest BCUT2D eigenvalue weighted by Crippen LogP contribution is 2.42. The summed E-state index contributed by atoms with van der Waals surface area (Å²) in [6, 6.07) is 24.6. The van der Waals surface area contributed by atoms with Gasteiger partial charge in [0.1, 0.15) is 0 Å². The van der Waals surface area contributed by atoms with Crippen molar-refractivity contribution in [1.82, 2.24) is 0 Å². The summed E-state index contributed by atoms with van der Waals surface area (Å²) in [7, 11) is 0. The van der Waals surface area contributed by atoms with Gasteiger partial charge in [0.15, 0.2) is 0 Å². The molecule has 0 heterocycles. The van der Waals surface area contributed by atoms with Crippen molar-refractivity contribution in [2.24, 2.45) is 0 Å². The average Bonchev–Trinajstić information content (AvgIpc) is 3.20. The lowest BCUT2D eigenvalue weighted by Crippen LogP contribution is -2.01. The molecular formula is C54H78. The van der Waals surface area contributed by atoms with Gasteiger partial charge < -0.3 is 0 Å². The largest absolute Gasteiger partial charge is 0.0654 e. The lowest BCUT2D eigenvalue weighted by atomic mass is 9.82. The first kappa shape index (κ1) is 42.3. The van der Waals surface area contributed by atoms with Crippen LogP contribution in [0.1, 0.15) is 204 Å². The molecule has 5 aromatic rings. The third-order valence-electron chi connectivity index (χ3n) is 12.7. The highest BCUT2D eigenvalue weighted by molar-refractivity contribution is 6.15. The summed E-state index contributed by atoms with van der Waals surface area (Å²) in [5.74, 6) is 0. The van der Waals surface area contributed by atoms with E-state index in [2.05, 4.69) is 88.4 Å². The first-order valence-corrected chi connectivity index (χ1v) is 23.6. The van der Waals surface area contributed by atoms with Gasteiger partial charge in [0.2, 0.25) is 0 Å². The molecule has 0 aromatic heterocycles. The minimum atomic E-state index is 1.19. The summed E-state index contributed by atoms with van der Waals surface area (Å²) in [5.41, 5.74) is 6.50. The maximum Gasteiger partial charge on any atom is -0.0136 e. The maximum absolute atomic E-state index is 2.75. The minimum Gasteiger partial charge on any atom is -0.0654 e. The van der Waals surface area contributed by atoms with E-state index in [-0.39, 0.29) is 0 Å². The van der Waals surface area contributed by atoms with Crippen LogP contribution in [0.15, 0.2) is 60.7 Å². The normalized spacial score (nSPS) is 11.9. The quantitative estimate of drug-likeness (QED) is 0.0356. The molecule has 0 amide bonds. The van der Waals surface area contributed by atoms with Gasteiger partial charge in [0, 0.05) is 0 Å². The number of fused-ring (bicyclic) bond motifs is 4. The second-order valence-corrected chi connectivity index (χ2v) is 17.0. The maximum atomic E-state index is 2.75. The number of hydrogen-bond donors (Lipinski definition) is 0. The third kappa shape index (κ3) is 11.6. The van der Waals surface area contributed by atoms with E-state index in [0.29, 0.717) is 0 Å². The first-order valence-electron chi connectivity index (χ1n) is 23.6. The Kier molecular flexibility index (Phi) is 18.7. The smallest absolute Gasteiger partial charge is 0.0136 e. The number of aryl methyl sites for hydroxylation is 4. The average molecular weight is 727 g/mol. The zero-order valence-electron chi connectivity index (χ0n) is 35.6. The molecule has 0 nitrogen and oxygen atoms in total. The molecule has 294 valence electrons. The molecule has 5 aromatic carbocycles. The van der Waals surface area contributed by atoms with Crippen LogP contribution in [0.5, 0.6) is 0 Å². The van der Waals surface area contributed by atoms with E-state index in [1.165, 1.54) is 201 Å². The van der Waals surface area contributed by atoms with Crippen molar-refractivity contribution in [3.63, 3.8) is 0 Å². The third-order valence-corrected chi connectivity index (χ3v) is 12.7. The summed E-state index contributed by atoms with van der Waals surface area (Å²) >= 11 is 0. The van der Waals surface area contributed by atoms with Crippen molar-refractivity contribution in [3.8, 4) is 0 Å². The zero-order chi connectivity index (χ0) is 37.8. The molecule has 0 aliphatic carbocycles. The summed E-state index contributed by atoms with van der Waals surface area (Å²) < 4.78 is 0. The number of unbranched alkanes of at least 4 members (excludes halogenated alkanes) is 20. The topological polar surface area (TPSA) is 0 Å². The van der Waals surface area contributed by atoms with E-state index >= 15 is 0 Å². The Labute approximate surface area is 332 Å². The van der Waals surface area contributed by atoms with E-state index in [9.17, 15) is 0 Å². The number of benzene rings is 5. The molecule has 0 aliphatic heterocycles. The Morgan fingerprint density at radius 2 is 0.444 bits per heavy atom. The van der Waals surface area contributed by atoms with Crippen LogP contribution in [0, 0.1) is 0 Å². The van der Waals surface area contributed by atoms with Gasteiger partial charge in [-0.05, 0) is 129 Å². The zero-order valence-corrected chi connectivity index (χ0v) is 35.6. The van der Waals surface area contributed by atoms with Gasteiger partial charge >= 0.3 is 0 Å². The van der Waals surface area contributed by atoms with Gasteiger partial charge in [-0.2, -0.15) is 0 Å².